The lowest BCUT2D eigenvalue weighted by Gasteiger charge is -2.05. The van der Waals surface area contributed by atoms with Crippen LogP contribution in [0.1, 0.15) is 13.8 Å². The lowest BCUT2D eigenvalue weighted by atomic mass is 10.2. The monoisotopic (exact) mass is 201 g/mol. The second-order valence-corrected chi connectivity index (χ2v) is 3.35. The van der Waals surface area contributed by atoms with Gasteiger partial charge >= 0.3 is 0 Å². The number of hydrogen-bond donors (Lipinski definition) is 0. The number of hydrogen-bond acceptors (Lipinski definition) is 2. The molecule has 0 fully saturated rings. The summed E-state index contributed by atoms with van der Waals surface area (Å²) >= 11 is 0. The van der Waals surface area contributed by atoms with E-state index in [9.17, 15) is 0 Å². The summed E-state index contributed by atoms with van der Waals surface area (Å²) in [6, 6.07) is 8.12. The smallest absolute Gasteiger partial charge is 0.138 e. The third-order valence-electron chi connectivity index (χ3n) is 2.40. The molecule has 0 unspecified atom stereocenters. The molecule has 0 N–H and O–H groups in total. The summed E-state index contributed by atoms with van der Waals surface area (Å²) in [6.45, 7) is 5.85. The lowest BCUT2D eigenvalue weighted by Crippen LogP contribution is -2.21. The zero-order valence-corrected chi connectivity index (χ0v) is 9.14. The minimum atomic E-state index is 0.800. The zero-order valence-electron chi connectivity index (χ0n) is 9.14. The van der Waals surface area contributed by atoms with E-state index in [1.165, 1.54) is 0 Å². The Morgan fingerprint density at radius 3 is 2.80 bits per heavy atom. The number of aromatic nitrogens is 2. The second-order valence-electron chi connectivity index (χ2n) is 3.35. The van der Waals surface area contributed by atoms with Gasteiger partial charge in [-0.15, -0.1) is 0 Å². The third kappa shape index (κ3) is 1.77. The molecule has 3 heteroatoms. The maximum Gasteiger partial charge on any atom is 0.138 e. The minimum absolute atomic E-state index is 0.800. The van der Waals surface area contributed by atoms with Gasteiger partial charge in [0.05, 0.1) is 11.8 Å². The van der Waals surface area contributed by atoms with E-state index in [2.05, 4.69) is 34.5 Å². The van der Waals surface area contributed by atoms with Gasteiger partial charge in [-0.2, -0.15) is 0 Å². The number of nitrogens with zero attached hydrogens (tertiary/aromatic N) is 3. The van der Waals surface area contributed by atoms with Crippen LogP contribution in [0.4, 0.5) is 0 Å². The Bertz CT molecular complexity index is 526. The summed E-state index contributed by atoms with van der Waals surface area (Å²) in [5.74, 6) is 0. The molecule has 0 saturated carbocycles. The molecular weight excluding hydrogens is 186 g/mol. The molecule has 1 heterocycles. The molecule has 0 aliphatic rings. The molecule has 1 aromatic heterocycles. The van der Waals surface area contributed by atoms with Crippen LogP contribution in [0.5, 0.6) is 0 Å². The van der Waals surface area contributed by atoms with Crippen LogP contribution >= 0.6 is 0 Å². The van der Waals surface area contributed by atoms with E-state index in [0.717, 1.165) is 29.5 Å². The molecule has 0 bridgehead atoms. The number of para-hydroxylation sites is 1. The summed E-state index contributed by atoms with van der Waals surface area (Å²) < 4.78 is 2.08. The van der Waals surface area contributed by atoms with Gasteiger partial charge in [0.2, 0.25) is 0 Å². The quantitative estimate of drug-likeness (QED) is 0.730. The van der Waals surface area contributed by atoms with Crippen molar-refractivity contribution in [2.24, 2.45) is 4.99 Å². The Hall–Kier alpha value is -1.64. The van der Waals surface area contributed by atoms with Gasteiger partial charge in [-0.05, 0) is 26.0 Å². The molecule has 0 saturated heterocycles. The largest absolute Gasteiger partial charge is 0.317 e. The van der Waals surface area contributed by atoms with Crippen molar-refractivity contribution >= 4 is 10.9 Å². The van der Waals surface area contributed by atoms with Crippen molar-refractivity contribution in [1.82, 2.24) is 9.55 Å². The molecule has 3 nitrogen and oxygen atoms in total. The fourth-order valence-corrected chi connectivity index (χ4v) is 1.67. The first-order chi connectivity index (χ1) is 7.36. The number of aryl methyl sites for hydroxylation is 1. The highest BCUT2D eigenvalue weighted by atomic mass is 15.0. The van der Waals surface area contributed by atoms with Gasteiger partial charge < -0.3 is 4.57 Å². The highest BCUT2D eigenvalue weighted by Gasteiger charge is 1.98. The summed E-state index contributed by atoms with van der Waals surface area (Å²) in [7, 11) is 0. The van der Waals surface area contributed by atoms with Crippen molar-refractivity contribution in [3.05, 3.63) is 36.1 Å². The normalized spacial score (nSPS) is 12.3. The maximum atomic E-state index is 4.53. The number of benzene rings is 1. The van der Waals surface area contributed by atoms with E-state index in [4.69, 9.17) is 0 Å². The Morgan fingerprint density at radius 1 is 1.27 bits per heavy atom. The first-order valence-electron chi connectivity index (χ1n) is 5.31. The molecule has 0 aliphatic carbocycles. The molecule has 78 valence electrons. The van der Waals surface area contributed by atoms with Crippen LogP contribution in [0.2, 0.25) is 0 Å². The lowest BCUT2D eigenvalue weighted by molar-refractivity contribution is 0.695. The van der Waals surface area contributed by atoms with E-state index >= 15 is 0 Å². The molecule has 15 heavy (non-hydrogen) atoms. The molecule has 0 amide bonds. The first-order valence-corrected chi connectivity index (χ1v) is 5.31. The van der Waals surface area contributed by atoms with E-state index in [1.807, 2.05) is 24.5 Å². The molecule has 0 aliphatic heterocycles. The third-order valence-corrected chi connectivity index (χ3v) is 2.40. The maximum absolute atomic E-state index is 4.53. The van der Waals surface area contributed by atoms with Crippen molar-refractivity contribution in [3.63, 3.8) is 0 Å². The van der Waals surface area contributed by atoms with Crippen molar-refractivity contribution in [2.75, 3.05) is 6.54 Å². The average Bonchev–Trinajstić information content (AvgIpc) is 2.30. The molecule has 0 spiro atoms. The van der Waals surface area contributed by atoms with E-state index < -0.39 is 0 Å². The molecule has 0 radical (unpaired) electrons. The van der Waals surface area contributed by atoms with Crippen molar-refractivity contribution in [1.29, 1.82) is 0 Å². The zero-order chi connectivity index (χ0) is 10.7. The Balaban J connectivity index is 2.85. The molecular formula is C12H15N3. The summed E-state index contributed by atoms with van der Waals surface area (Å²) in [5.41, 5.74) is 2.04. The second kappa shape index (κ2) is 4.26. The van der Waals surface area contributed by atoms with Gasteiger partial charge in [0.15, 0.2) is 0 Å². The summed E-state index contributed by atoms with van der Waals surface area (Å²) in [6.07, 6.45) is 1.86. The predicted octanol–water partition coefficient (Wildman–Crippen LogP) is 1.98. The van der Waals surface area contributed by atoms with Gasteiger partial charge in [-0.3, -0.25) is 4.99 Å². The predicted molar refractivity (Wildman–Crippen MR) is 61.5 cm³/mol. The van der Waals surface area contributed by atoms with Crippen LogP contribution in [0.15, 0.2) is 35.6 Å². The number of fused-ring (bicyclic) bond motifs is 1. The van der Waals surface area contributed by atoms with E-state index in [0.29, 0.717) is 0 Å². The highest BCUT2D eigenvalue weighted by Crippen LogP contribution is 2.04. The topological polar surface area (TPSA) is 30.2 Å². The fraction of sp³-hybridized carbons (Fsp3) is 0.333. The van der Waals surface area contributed by atoms with Crippen molar-refractivity contribution < 1.29 is 0 Å². The van der Waals surface area contributed by atoms with Crippen molar-refractivity contribution in [3.8, 4) is 0 Å². The first kappa shape index (κ1) is 9.90. The summed E-state index contributed by atoms with van der Waals surface area (Å²) in [4.78, 5) is 8.93. The molecule has 2 aromatic rings. The van der Waals surface area contributed by atoms with Gasteiger partial charge in [-0.1, -0.05) is 12.1 Å². The van der Waals surface area contributed by atoms with Crippen molar-refractivity contribution in [2.45, 2.75) is 20.4 Å². The Labute approximate surface area is 89.1 Å². The van der Waals surface area contributed by atoms with Crippen LogP contribution < -0.4 is 5.49 Å². The molecule has 2 rings (SSSR count). The van der Waals surface area contributed by atoms with E-state index in [1.54, 1.807) is 0 Å². The summed E-state index contributed by atoms with van der Waals surface area (Å²) in [5, 5.41) is 1.13. The molecule has 1 aromatic carbocycles. The number of rotatable bonds is 2. The van der Waals surface area contributed by atoms with Crippen LogP contribution in [-0.4, -0.2) is 16.1 Å². The van der Waals surface area contributed by atoms with Crippen LogP contribution in [0, 0.1) is 0 Å². The van der Waals surface area contributed by atoms with Crippen LogP contribution in [0.3, 0.4) is 0 Å². The Morgan fingerprint density at radius 2 is 2.07 bits per heavy atom. The fourth-order valence-electron chi connectivity index (χ4n) is 1.67. The standard InChI is InChI=1S/C12H15N3/c1-3-13-12-10-7-5-6-8-11(10)14-9-15(12)4-2/h5-9H,3-4H2,1-2H3. The average molecular weight is 201 g/mol. The van der Waals surface area contributed by atoms with Crippen LogP contribution in [-0.2, 0) is 6.54 Å². The van der Waals surface area contributed by atoms with E-state index in [-0.39, 0.29) is 0 Å². The highest BCUT2D eigenvalue weighted by molar-refractivity contribution is 5.76. The van der Waals surface area contributed by atoms with Gasteiger partial charge in [0, 0.05) is 18.5 Å². The minimum Gasteiger partial charge on any atom is -0.317 e. The Kier molecular flexibility index (Phi) is 2.81. The van der Waals surface area contributed by atoms with Gasteiger partial charge in [0.1, 0.15) is 5.49 Å². The van der Waals surface area contributed by atoms with Gasteiger partial charge in [0.25, 0.3) is 0 Å². The van der Waals surface area contributed by atoms with Gasteiger partial charge in [-0.25, -0.2) is 4.98 Å². The van der Waals surface area contributed by atoms with Crippen LogP contribution in [0.25, 0.3) is 10.9 Å². The SMILES string of the molecule is CCN=c1c2ccccc2ncn1CC. The molecule has 0 atom stereocenters.